The summed E-state index contributed by atoms with van der Waals surface area (Å²) in [6, 6.07) is 6.81. The van der Waals surface area contributed by atoms with Gasteiger partial charge >= 0.3 is 0 Å². The van der Waals surface area contributed by atoms with Gasteiger partial charge in [0.25, 0.3) is 11.5 Å². The van der Waals surface area contributed by atoms with E-state index in [2.05, 4.69) is 15.6 Å². The molecule has 1 aliphatic rings. The molecule has 2 aromatic heterocycles. The number of aromatic nitrogens is 2. The molecule has 162 valence electrons. The first kappa shape index (κ1) is 21.2. The zero-order valence-corrected chi connectivity index (χ0v) is 18.6. The lowest BCUT2D eigenvalue weighted by Crippen LogP contribution is -2.30. The van der Waals surface area contributed by atoms with Crippen molar-refractivity contribution in [3.8, 4) is 0 Å². The highest BCUT2D eigenvalue weighted by atomic mass is 32.1. The van der Waals surface area contributed by atoms with Crippen LogP contribution in [-0.4, -0.2) is 27.4 Å². The molecule has 31 heavy (non-hydrogen) atoms. The van der Waals surface area contributed by atoms with Crippen LogP contribution in [0.4, 0.5) is 5.69 Å². The fraction of sp³-hybridized carbons (Fsp3) is 0.391. The number of nitrogens with one attached hydrogen (secondary N) is 2. The van der Waals surface area contributed by atoms with Gasteiger partial charge in [-0.1, -0.05) is 0 Å². The van der Waals surface area contributed by atoms with E-state index in [0.29, 0.717) is 11.3 Å². The van der Waals surface area contributed by atoms with Gasteiger partial charge in [0.05, 0.1) is 11.7 Å². The Labute approximate surface area is 184 Å². The molecule has 2 amide bonds. The van der Waals surface area contributed by atoms with E-state index < -0.39 is 0 Å². The molecule has 1 aromatic carbocycles. The summed E-state index contributed by atoms with van der Waals surface area (Å²) in [5.41, 5.74) is 2.25. The molecule has 0 spiro atoms. The molecule has 0 saturated heterocycles. The van der Waals surface area contributed by atoms with Crippen LogP contribution in [0.15, 0.2) is 35.4 Å². The third-order valence-electron chi connectivity index (χ3n) is 5.37. The molecule has 0 fully saturated rings. The van der Waals surface area contributed by atoms with Crippen LogP contribution in [-0.2, 0) is 24.2 Å². The second-order valence-electron chi connectivity index (χ2n) is 8.14. The van der Waals surface area contributed by atoms with Crippen molar-refractivity contribution >= 4 is 39.1 Å². The van der Waals surface area contributed by atoms with Crippen molar-refractivity contribution in [2.45, 2.75) is 58.5 Å². The summed E-state index contributed by atoms with van der Waals surface area (Å²) in [5, 5.41) is 6.38. The number of anilines is 1. The molecule has 0 bridgehead atoms. The van der Waals surface area contributed by atoms with Crippen LogP contribution in [0, 0.1) is 0 Å². The third kappa shape index (κ3) is 4.69. The first-order valence-corrected chi connectivity index (χ1v) is 11.4. The second kappa shape index (κ2) is 9.01. The molecule has 0 aliphatic heterocycles. The van der Waals surface area contributed by atoms with Crippen LogP contribution in [0.5, 0.6) is 0 Å². The van der Waals surface area contributed by atoms with Crippen molar-refractivity contribution in [3.63, 3.8) is 0 Å². The topological polar surface area (TPSA) is 93.1 Å². The highest BCUT2D eigenvalue weighted by Gasteiger charge is 2.20. The molecule has 0 saturated carbocycles. The van der Waals surface area contributed by atoms with Crippen LogP contribution < -0.4 is 16.2 Å². The molecular formula is C23H26N4O3S. The Morgan fingerprint density at radius 1 is 1.16 bits per heavy atom. The summed E-state index contributed by atoms with van der Waals surface area (Å²) in [4.78, 5) is 43.9. The summed E-state index contributed by atoms with van der Waals surface area (Å²) < 4.78 is 1.53. The van der Waals surface area contributed by atoms with Gasteiger partial charge in [0.15, 0.2) is 0 Å². The Morgan fingerprint density at radius 3 is 2.65 bits per heavy atom. The van der Waals surface area contributed by atoms with E-state index in [1.807, 2.05) is 13.8 Å². The van der Waals surface area contributed by atoms with Crippen molar-refractivity contribution < 1.29 is 9.59 Å². The minimum atomic E-state index is -0.196. The Kier molecular flexibility index (Phi) is 6.18. The summed E-state index contributed by atoms with van der Waals surface area (Å²) in [6.07, 6.45) is 5.93. The number of benzene rings is 1. The minimum Gasteiger partial charge on any atom is -0.350 e. The minimum absolute atomic E-state index is 0.0577. The number of hydrogen-bond donors (Lipinski definition) is 2. The van der Waals surface area contributed by atoms with Gasteiger partial charge in [-0.3, -0.25) is 19.0 Å². The van der Waals surface area contributed by atoms with Crippen molar-refractivity contribution in [2.75, 3.05) is 5.32 Å². The molecule has 2 heterocycles. The van der Waals surface area contributed by atoms with Gasteiger partial charge < -0.3 is 10.6 Å². The van der Waals surface area contributed by atoms with Crippen molar-refractivity contribution in [1.29, 1.82) is 0 Å². The van der Waals surface area contributed by atoms with E-state index in [-0.39, 0.29) is 36.4 Å². The molecule has 7 nitrogen and oxygen atoms in total. The fourth-order valence-corrected chi connectivity index (χ4v) is 5.06. The lowest BCUT2D eigenvalue weighted by atomic mass is 9.97. The normalized spacial score (nSPS) is 13.3. The van der Waals surface area contributed by atoms with Gasteiger partial charge in [0, 0.05) is 35.1 Å². The predicted molar refractivity (Wildman–Crippen MR) is 123 cm³/mol. The lowest BCUT2D eigenvalue weighted by Gasteiger charge is -2.11. The number of aryl methyl sites for hydroxylation is 3. The van der Waals surface area contributed by atoms with E-state index in [0.717, 1.165) is 41.5 Å². The van der Waals surface area contributed by atoms with Crippen LogP contribution in [0.1, 0.15) is 53.9 Å². The highest BCUT2D eigenvalue weighted by molar-refractivity contribution is 7.18. The summed E-state index contributed by atoms with van der Waals surface area (Å²) in [5.74, 6) is -0.343. The van der Waals surface area contributed by atoms with Crippen molar-refractivity contribution in [1.82, 2.24) is 14.9 Å². The number of carbonyl (C=O) groups excluding carboxylic acids is 2. The van der Waals surface area contributed by atoms with Gasteiger partial charge in [-0.15, -0.1) is 11.3 Å². The molecular weight excluding hydrogens is 412 g/mol. The van der Waals surface area contributed by atoms with Gasteiger partial charge in [-0.25, -0.2) is 4.98 Å². The summed E-state index contributed by atoms with van der Waals surface area (Å²) in [6.45, 7) is 4.07. The molecule has 0 atom stereocenters. The van der Waals surface area contributed by atoms with E-state index in [1.165, 1.54) is 9.44 Å². The smallest absolute Gasteiger partial charge is 0.262 e. The van der Waals surface area contributed by atoms with Crippen molar-refractivity contribution in [3.05, 3.63) is 57.0 Å². The van der Waals surface area contributed by atoms with Gasteiger partial charge in [-0.05, 0) is 69.4 Å². The molecule has 3 aromatic rings. The number of carbonyl (C=O) groups is 2. The first-order valence-electron chi connectivity index (χ1n) is 10.6. The number of hydrogen-bond acceptors (Lipinski definition) is 5. The largest absolute Gasteiger partial charge is 0.350 e. The average Bonchev–Trinajstić information content (AvgIpc) is 3.12. The van der Waals surface area contributed by atoms with E-state index in [4.69, 9.17) is 0 Å². The molecule has 1 aliphatic carbocycles. The number of rotatable bonds is 6. The Morgan fingerprint density at radius 2 is 1.90 bits per heavy atom. The van der Waals surface area contributed by atoms with E-state index in [1.54, 1.807) is 41.9 Å². The Bertz CT molecular complexity index is 1180. The molecule has 4 rings (SSSR count). The van der Waals surface area contributed by atoms with Gasteiger partial charge in [0.2, 0.25) is 5.91 Å². The lowest BCUT2D eigenvalue weighted by molar-refractivity contribution is -0.116. The van der Waals surface area contributed by atoms with Gasteiger partial charge in [0.1, 0.15) is 4.83 Å². The molecule has 0 radical (unpaired) electrons. The van der Waals surface area contributed by atoms with E-state index >= 15 is 0 Å². The molecule has 2 N–H and O–H groups in total. The molecule has 8 heteroatoms. The third-order valence-corrected chi connectivity index (χ3v) is 6.57. The predicted octanol–water partition coefficient (Wildman–Crippen LogP) is 3.50. The molecule has 0 unspecified atom stereocenters. The SMILES string of the molecule is CC(C)NC(=O)c1ccc(NC(=O)CCn2cnc3sc4c(c3c2=O)CCCC4)cc1. The van der Waals surface area contributed by atoms with Crippen LogP contribution in [0.3, 0.4) is 0 Å². The van der Waals surface area contributed by atoms with Crippen LogP contribution in [0.2, 0.25) is 0 Å². The zero-order chi connectivity index (χ0) is 22.0. The van der Waals surface area contributed by atoms with Crippen LogP contribution >= 0.6 is 11.3 Å². The first-order chi connectivity index (χ1) is 14.9. The quantitative estimate of drug-likeness (QED) is 0.616. The fourth-order valence-electron chi connectivity index (χ4n) is 3.84. The number of fused-ring (bicyclic) bond motifs is 3. The Balaban J connectivity index is 1.40. The maximum absolute atomic E-state index is 13.0. The number of thiophene rings is 1. The van der Waals surface area contributed by atoms with Crippen LogP contribution in [0.25, 0.3) is 10.2 Å². The number of amides is 2. The zero-order valence-electron chi connectivity index (χ0n) is 17.7. The number of nitrogens with zero attached hydrogens (tertiary/aromatic N) is 2. The summed E-state index contributed by atoms with van der Waals surface area (Å²) >= 11 is 1.62. The standard InChI is InChI=1S/C23H26N4O3S/c1-14(2)25-21(29)15-7-9-16(10-8-15)26-19(28)11-12-27-13-24-22-20(23(27)30)17-5-3-4-6-18(17)31-22/h7-10,13-14H,3-6,11-12H2,1-2H3,(H,25,29)(H,26,28). The maximum Gasteiger partial charge on any atom is 0.262 e. The highest BCUT2D eigenvalue weighted by Crippen LogP contribution is 2.33. The monoisotopic (exact) mass is 438 g/mol. The Hall–Kier alpha value is -3.00. The maximum atomic E-state index is 13.0. The van der Waals surface area contributed by atoms with E-state index in [9.17, 15) is 14.4 Å². The van der Waals surface area contributed by atoms with Gasteiger partial charge in [-0.2, -0.15) is 0 Å². The second-order valence-corrected chi connectivity index (χ2v) is 9.22. The summed E-state index contributed by atoms with van der Waals surface area (Å²) in [7, 11) is 0. The van der Waals surface area contributed by atoms with Crippen molar-refractivity contribution in [2.24, 2.45) is 0 Å². The average molecular weight is 439 g/mol.